The van der Waals surface area contributed by atoms with E-state index in [9.17, 15) is 0 Å². The molecular formula is C6H4N6. The van der Waals surface area contributed by atoms with Crippen molar-refractivity contribution in [3.8, 4) is 6.07 Å². The van der Waals surface area contributed by atoms with Gasteiger partial charge < -0.3 is 5.73 Å². The summed E-state index contributed by atoms with van der Waals surface area (Å²) in [5.41, 5.74) is 6.08. The number of H-pyrrole nitrogens is 1. The third-order valence-electron chi connectivity index (χ3n) is 1.44. The highest BCUT2D eigenvalue weighted by atomic mass is 15.2. The molecule has 6 heteroatoms. The minimum absolute atomic E-state index is 0.151. The Kier molecular flexibility index (Phi) is 1.18. The first-order valence-electron chi connectivity index (χ1n) is 3.18. The number of anilines is 1. The summed E-state index contributed by atoms with van der Waals surface area (Å²) in [7, 11) is 0. The molecule has 2 heterocycles. The van der Waals surface area contributed by atoms with Crippen molar-refractivity contribution in [2.24, 2.45) is 0 Å². The predicted octanol–water partition coefficient (Wildman–Crippen LogP) is -0.193. The van der Waals surface area contributed by atoms with Gasteiger partial charge in [-0.05, 0) is 0 Å². The average molecular weight is 160 g/mol. The lowest BCUT2D eigenvalue weighted by Gasteiger charge is -1.88. The molecule has 0 unspecified atom stereocenters. The highest BCUT2D eigenvalue weighted by Crippen LogP contribution is 2.11. The maximum absolute atomic E-state index is 8.59. The molecule has 0 aliphatic rings. The number of nitrogens with two attached hydrogens (primary N) is 1. The number of nitrogen functional groups attached to an aromatic ring is 1. The highest BCUT2D eigenvalue weighted by Gasteiger charge is 2.05. The molecule has 0 atom stereocenters. The van der Waals surface area contributed by atoms with Gasteiger partial charge in [-0.3, -0.25) is 5.10 Å². The van der Waals surface area contributed by atoms with Gasteiger partial charge in [0.05, 0.1) is 5.39 Å². The summed E-state index contributed by atoms with van der Waals surface area (Å²) in [6.45, 7) is 0. The van der Waals surface area contributed by atoms with E-state index in [-0.39, 0.29) is 5.95 Å². The van der Waals surface area contributed by atoms with E-state index in [0.29, 0.717) is 16.7 Å². The van der Waals surface area contributed by atoms with Gasteiger partial charge in [0.15, 0.2) is 5.65 Å². The maximum atomic E-state index is 8.59. The van der Waals surface area contributed by atoms with E-state index in [0.717, 1.165) is 0 Å². The van der Waals surface area contributed by atoms with Crippen LogP contribution in [-0.2, 0) is 0 Å². The zero-order valence-electron chi connectivity index (χ0n) is 5.94. The summed E-state index contributed by atoms with van der Waals surface area (Å²) in [5.74, 6) is 0.151. The predicted molar refractivity (Wildman–Crippen MR) is 40.8 cm³/mol. The topological polar surface area (TPSA) is 104 Å². The second kappa shape index (κ2) is 2.17. The number of nitrogens with zero attached hydrogens (tertiary/aromatic N) is 4. The SMILES string of the molecule is N#Cc1[nH]nc2nc(N)ncc12. The molecule has 0 aliphatic carbocycles. The van der Waals surface area contributed by atoms with E-state index in [1.165, 1.54) is 6.20 Å². The number of hydrogen-bond acceptors (Lipinski definition) is 5. The molecule has 0 saturated carbocycles. The van der Waals surface area contributed by atoms with Gasteiger partial charge in [-0.2, -0.15) is 15.3 Å². The molecule has 0 radical (unpaired) electrons. The third-order valence-corrected chi connectivity index (χ3v) is 1.44. The van der Waals surface area contributed by atoms with E-state index in [1.807, 2.05) is 6.07 Å². The van der Waals surface area contributed by atoms with Crippen molar-refractivity contribution in [2.75, 3.05) is 5.73 Å². The summed E-state index contributed by atoms with van der Waals surface area (Å²) in [4.78, 5) is 7.56. The molecule has 0 bridgehead atoms. The molecule has 58 valence electrons. The van der Waals surface area contributed by atoms with Crippen molar-refractivity contribution < 1.29 is 0 Å². The van der Waals surface area contributed by atoms with Gasteiger partial charge in [0.2, 0.25) is 5.95 Å². The fourth-order valence-electron chi connectivity index (χ4n) is 0.902. The summed E-state index contributed by atoms with van der Waals surface area (Å²) in [6.07, 6.45) is 1.47. The van der Waals surface area contributed by atoms with Crippen LogP contribution < -0.4 is 5.73 Å². The van der Waals surface area contributed by atoms with Crippen molar-refractivity contribution in [3.05, 3.63) is 11.9 Å². The van der Waals surface area contributed by atoms with Crippen LogP contribution in [0.25, 0.3) is 11.0 Å². The fourth-order valence-corrected chi connectivity index (χ4v) is 0.902. The van der Waals surface area contributed by atoms with Gasteiger partial charge >= 0.3 is 0 Å². The molecule has 2 aromatic rings. The fraction of sp³-hybridized carbons (Fsp3) is 0. The minimum atomic E-state index is 0.151. The lowest BCUT2D eigenvalue weighted by Crippen LogP contribution is -1.93. The lowest BCUT2D eigenvalue weighted by atomic mass is 10.3. The van der Waals surface area contributed by atoms with Crippen molar-refractivity contribution >= 4 is 17.0 Å². The van der Waals surface area contributed by atoms with E-state index in [1.54, 1.807) is 0 Å². The van der Waals surface area contributed by atoms with Gasteiger partial charge in [-0.1, -0.05) is 0 Å². The molecule has 0 aliphatic heterocycles. The third kappa shape index (κ3) is 0.769. The van der Waals surface area contributed by atoms with Crippen LogP contribution in [0.4, 0.5) is 5.95 Å². The van der Waals surface area contributed by atoms with Crippen molar-refractivity contribution in [1.82, 2.24) is 20.2 Å². The van der Waals surface area contributed by atoms with Crippen LogP contribution in [0.2, 0.25) is 0 Å². The number of hydrogen-bond donors (Lipinski definition) is 2. The summed E-state index contributed by atoms with van der Waals surface area (Å²) >= 11 is 0. The maximum Gasteiger partial charge on any atom is 0.222 e. The van der Waals surface area contributed by atoms with Crippen LogP contribution in [0.3, 0.4) is 0 Å². The van der Waals surface area contributed by atoms with Gasteiger partial charge in [0.1, 0.15) is 11.8 Å². The van der Waals surface area contributed by atoms with Crippen LogP contribution in [-0.4, -0.2) is 20.2 Å². The van der Waals surface area contributed by atoms with Gasteiger partial charge in [-0.25, -0.2) is 4.98 Å². The molecule has 0 saturated heterocycles. The first-order valence-corrected chi connectivity index (χ1v) is 3.18. The van der Waals surface area contributed by atoms with Crippen molar-refractivity contribution in [1.29, 1.82) is 5.26 Å². The molecule has 2 aromatic heterocycles. The van der Waals surface area contributed by atoms with Gasteiger partial charge in [0, 0.05) is 6.20 Å². The van der Waals surface area contributed by atoms with E-state index in [2.05, 4.69) is 20.2 Å². The largest absolute Gasteiger partial charge is 0.368 e. The molecular weight excluding hydrogens is 156 g/mol. The Morgan fingerprint density at radius 2 is 2.42 bits per heavy atom. The molecule has 0 aromatic carbocycles. The quantitative estimate of drug-likeness (QED) is 0.555. The first-order chi connectivity index (χ1) is 5.81. The number of rotatable bonds is 0. The normalized spacial score (nSPS) is 9.92. The summed E-state index contributed by atoms with van der Waals surface area (Å²) < 4.78 is 0. The van der Waals surface area contributed by atoms with Crippen molar-refractivity contribution in [3.63, 3.8) is 0 Å². The molecule has 12 heavy (non-hydrogen) atoms. The zero-order chi connectivity index (χ0) is 8.55. The Balaban J connectivity index is 2.84. The molecule has 2 rings (SSSR count). The molecule has 0 fully saturated rings. The standard InChI is InChI=1S/C6H4N6/c7-1-4-3-2-9-6(8)10-5(3)12-11-4/h2H,(H3,8,9,10,11,12). The molecule has 3 N–H and O–H groups in total. The van der Waals surface area contributed by atoms with Crippen LogP contribution in [0, 0.1) is 11.3 Å². The van der Waals surface area contributed by atoms with Crippen LogP contribution in [0.1, 0.15) is 5.69 Å². The van der Waals surface area contributed by atoms with E-state index in [4.69, 9.17) is 11.0 Å². The average Bonchev–Trinajstić information content (AvgIpc) is 2.46. The Hall–Kier alpha value is -2.16. The Morgan fingerprint density at radius 3 is 3.17 bits per heavy atom. The molecule has 0 spiro atoms. The molecule has 6 nitrogen and oxygen atoms in total. The van der Waals surface area contributed by atoms with Gasteiger partial charge in [0.25, 0.3) is 0 Å². The smallest absolute Gasteiger partial charge is 0.222 e. The summed E-state index contributed by atoms with van der Waals surface area (Å²) in [5, 5.41) is 15.5. The number of nitriles is 1. The van der Waals surface area contributed by atoms with E-state index >= 15 is 0 Å². The number of aromatic nitrogens is 4. The number of aromatic amines is 1. The van der Waals surface area contributed by atoms with Gasteiger partial charge in [-0.15, -0.1) is 0 Å². The number of fused-ring (bicyclic) bond motifs is 1. The monoisotopic (exact) mass is 160 g/mol. The van der Waals surface area contributed by atoms with Crippen molar-refractivity contribution in [2.45, 2.75) is 0 Å². The molecule has 0 amide bonds. The zero-order valence-corrected chi connectivity index (χ0v) is 5.94. The first kappa shape index (κ1) is 6.54. The van der Waals surface area contributed by atoms with E-state index < -0.39 is 0 Å². The Bertz CT molecular complexity index is 464. The summed E-state index contributed by atoms with van der Waals surface area (Å²) in [6, 6.07) is 1.93. The Labute approximate surface area is 67.0 Å². The van der Waals surface area contributed by atoms with Crippen LogP contribution >= 0.6 is 0 Å². The van der Waals surface area contributed by atoms with Crippen LogP contribution in [0.5, 0.6) is 0 Å². The minimum Gasteiger partial charge on any atom is -0.368 e. The van der Waals surface area contributed by atoms with Crippen LogP contribution in [0.15, 0.2) is 6.20 Å². The lowest BCUT2D eigenvalue weighted by molar-refractivity contribution is 1.08. The highest BCUT2D eigenvalue weighted by molar-refractivity contribution is 5.79. The Morgan fingerprint density at radius 1 is 1.58 bits per heavy atom. The second-order valence-electron chi connectivity index (χ2n) is 2.18. The second-order valence-corrected chi connectivity index (χ2v) is 2.18. The number of nitrogens with one attached hydrogen (secondary N) is 1.